The average Bonchev–Trinajstić information content (AvgIpc) is 2.85. The predicted octanol–water partition coefficient (Wildman–Crippen LogP) is 3.23. The van der Waals surface area contributed by atoms with Crippen LogP contribution in [-0.2, 0) is 12.6 Å². The van der Waals surface area contributed by atoms with Crippen LogP contribution in [-0.4, -0.2) is 24.3 Å². The highest BCUT2D eigenvalue weighted by atomic mass is 19.4. The second kappa shape index (κ2) is 5.41. The molecule has 0 amide bonds. The highest BCUT2D eigenvalue weighted by molar-refractivity contribution is 5.53. The van der Waals surface area contributed by atoms with Gasteiger partial charge in [0.15, 0.2) is 0 Å². The van der Waals surface area contributed by atoms with E-state index in [1.54, 1.807) is 19.1 Å². The van der Waals surface area contributed by atoms with E-state index in [-0.39, 0.29) is 12.6 Å². The number of aliphatic hydroxyl groups is 1. The maximum atomic E-state index is 13.0. The lowest BCUT2D eigenvalue weighted by Gasteiger charge is -2.26. The van der Waals surface area contributed by atoms with Crippen molar-refractivity contribution in [1.82, 2.24) is 0 Å². The smallest absolute Gasteiger partial charge is 0.394 e. The zero-order valence-corrected chi connectivity index (χ0v) is 10.9. The lowest BCUT2D eigenvalue weighted by atomic mass is 10.0. The molecule has 0 aromatic heterocycles. The number of hydrogen-bond donors (Lipinski definition) is 1. The Bertz CT molecular complexity index is 445. The molecule has 2 rings (SSSR count). The summed E-state index contributed by atoms with van der Waals surface area (Å²) in [6.07, 6.45) is -2.23. The lowest BCUT2D eigenvalue weighted by molar-refractivity contribution is -0.138. The summed E-state index contributed by atoms with van der Waals surface area (Å²) in [4.78, 5) is 1.87. The van der Waals surface area contributed by atoms with Gasteiger partial charge in [0.2, 0.25) is 0 Å². The summed E-state index contributed by atoms with van der Waals surface area (Å²) in [5.41, 5.74) is 0.313. The van der Waals surface area contributed by atoms with Gasteiger partial charge in [-0.05, 0) is 37.0 Å². The number of aryl methyl sites for hydroxylation is 1. The van der Waals surface area contributed by atoms with E-state index < -0.39 is 11.7 Å². The minimum absolute atomic E-state index is 0.0170. The van der Waals surface area contributed by atoms with Gasteiger partial charge in [-0.3, -0.25) is 0 Å². The lowest BCUT2D eigenvalue weighted by Crippen LogP contribution is -2.32. The van der Waals surface area contributed by atoms with E-state index in [0.717, 1.165) is 12.8 Å². The van der Waals surface area contributed by atoms with E-state index in [2.05, 4.69) is 0 Å². The van der Waals surface area contributed by atoms with Crippen LogP contribution in [0.2, 0.25) is 0 Å². The molecule has 0 bridgehead atoms. The van der Waals surface area contributed by atoms with Crippen LogP contribution in [0, 0.1) is 0 Å². The maximum absolute atomic E-state index is 13.0. The third kappa shape index (κ3) is 2.86. The first kappa shape index (κ1) is 14.2. The Morgan fingerprint density at radius 1 is 1.37 bits per heavy atom. The van der Waals surface area contributed by atoms with Gasteiger partial charge in [-0.25, -0.2) is 0 Å². The first-order chi connectivity index (χ1) is 8.97. The number of rotatable bonds is 3. The molecule has 5 heteroatoms. The van der Waals surface area contributed by atoms with Gasteiger partial charge in [0.1, 0.15) is 0 Å². The monoisotopic (exact) mass is 273 g/mol. The molecule has 0 radical (unpaired) electrons. The molecule has 2 nitrogen and oxygen atoms in total. The molecule has 1 heterocycles. The van der Waals surface area contributed by atoms with Crippen LogP contribution < -0.4 is 4.90 Å². The van der Waals surface area contributed by atoms with Gasteiger partial charge in [0.05, 0.1) is 18.2 Å². The molecule has 0 spiro atoms. The Hall–Kier alpha value is -1.23. The second-order valence-electron chi connectivity index (χ2n) is 4.86. The molecule has 1 atom stereocenters. The summed E-state index contributed by atoms with van der Waals surface area (Å²) in [5.74, 6) is 0. The summed E-state index contributed by atoms with van der Waals surface area (Å²) in [6.45, 7) is 2.40. The largest absolute Gasteiger partial charge is 0.416 e. The van der Waals surface area contributed by atoms with Crippen molar-refractivity contribution >= 4 is 5.69 Å². The molecule has 106 valence electrons. The average molecular weight is 273 g/mol. The highest BCUT2D eigenvalue weighted by Gasteiger charge is 2.34. The Balaban J connectivity index is 2.38. The van der Waals surface area contributed by atoms with Crippen LogP contribution in [0.5, 0.6) is 0 Å². The minimum atomic E-state index is -4.32. The molecule has 1 aromatic carbocycles. The Morgan fingerprint density at radius 3 is 2.68 bits per heavy atom. The van der Waals surface area contributed by atoms with Gasteiger partial charge in [0.25, 0.3) is 0 Å². The minimum Gasteiger partial charge on any atom is -0.394 e. The third-order valence-corrected chi connectivity index (χ3v) is 3.70. The van der Waals surface area contributed by atoms with Crippen molar-refractivity contribution in [2.45, 2.75) is 38.4 Å². The van der Waals surface area contributed by atoms with Gasteiger partial charge < -0.3 is 10.0 Å². The van der Waals surface area contributed by atoms with E-state index in [1.165, 1.54) is 6.07 Å². The molecule has 1 fully saturated rings. The van der Waals surface area contributed by atoms with Crippen molar-refractivity contribution in [2.75, 3.05) is 18.1 Å². The zero-order chi connectivity index (χ0) is 14.0. The van der Waals surface area contributed by atoms with Crippen LogP contribution >= 0.6 is 0 Å². The van der Waals surface area contributed by atoms with Crippen LogP contribution in [0.25, 0.3) is 0 Å². The molecule has 1 aromatic rings. The highest BCUT2D eigenvalue weighted by Crippen LogP contribution is 2.36. The first-order valence-electron chi connectivity index (χ1n) is 6.55. The standard InChI is InChI=1S/C14H18F3NO/c1-2-10-5-6-11(8-13(10)14(15,16)17)18-7-3-4-12(18)9-19/h5-6,8,12,19H,2-4,7,9H2,1H3/t12-/m1/s1. The van der Waals surface area contributed by atoms with E-state index in [9.17, 15) is 18.3 Å². The number of hydrogen-bond acceptors (Lipinski definition) is 2. The van der Waals surface area contributed by atoms with Crippen LogP contribution in [0.1, 0.15) is 30.9 Å². The molecule has 1 aliphatic heterocycles. The van der Waals surface area contributed by atoms with Gasteiger partial charge in [-0.2, -0.15) is 13.2 Å². The van der Waals surface area contributed by atoms with Crippen LogP contribution in [0.4, 0.5) is 18.9 Å². The molecular formula is C14H18F3NO. The van der Waals surface area contributed by atoms with Gasteiger partial charge in [-0.1, -0.05) is 13.0 Å². The van der Waals surface area contributed by atoms with Gasteiger partial charge in [-0.15, -0.1) is 0 Å². The summed E-state index contributed by atoms with van der Waals surface area (Å²) >= 11 is 0. The van der Waals surface area contributed by atoms with Crippen LogP contribution in [0.3, 0.4) is 0 Å². The molecule has 0 unspecified atom stereocenters. The molecule has 0 aliphatic carbocycles. The van der Waals surface area contributed by atoms with Gasteiger partial charge in [0, 0.05) is 12.2 Å². The molecule has 0 saturated carbocycles. The Morgan fingerprint density at radius 2 is 2.11 bits per heavy atom. The van der Waals surface area contributed by atoms with Crippen molar-refractivity contribution in [3.8, 4) is 0 Å². The van der Waals surface area contributed by atoms with Crippen molar-refractivity contribution in [2.24, 2.45) is 0 Å². The Labute approximate surface area is 110 Å². The summed E-state index contributed by atoms with van der Waals surface area (Å²) in [5, 5.41) is 9.26. The zero-order valence-electron chi connectivity index (χ0n) is 10.9. The van der Waals surface area contributed by atoms with Crippen LogP contribution in [0.15, 0.2) is 18.2 Å². The molecule has 1 N–H and O–H groups in total. The van der Waals surface area contributed by atoms with Crippen molar-refractivity contribution in [1.29, 1.82) is 0 Å². The number of nitrogens with zero attached hydrogens (tertiary/aromatic N) is 1. The second-order valence-corrected chi connectivity index (χ2v) is 4.86. The SMILES string of the molecule is CCc1ccc(N2CCC[C@@H]2CO)cc1C(F)(F)F. The number of benzene rings is 1. The van der Waals surface area contributed by atoms with E-state index in [0.29, 0.717) is 24.2 Å². The first-order valence-corrected chi connectivity index (χ1v) is 6.55. The molecular weight excluding hydrogens is 255 g/mol. The van der Waals surface area contributed by atoms with Gasteiger partial charge >= 0.3 is 6.18 Å². The number of halogens is 3. The fourth-order valence-corrected chi connectivity index (χ4v) is 2.68. The quantitative estimate of drug-likeness (QED) is 0.914. The van der Waals surface area contributed by atoms with Crippen molar-refractivity contribution in [3.05, 3.63) is 29.3 Å². The summed E-state index contributed by atoms with van der Waals surface area (Å²) in [7, 11) is 0. The van der Waals surface area contributed by atoms with E-state index >= 15 is 0 Å². The van der Waals surface area contributed by atoms with E-state index in [1.807, 2.05) is 4.90 Å². The molecule has 19 heavy (non-hydrogen) atoms. The topological polar surface area (TPSA) is 23.5 Å². The predicted molar refractivity (Wildman–Crippen MR) is 68.3 cm³/mol. The number of alkyl halides is 3. The van der Waals surface area contributed by atoms with E-state index in [4.69, 9.17) is 0 Å². The fraction of sp³-hybridized carbons (Fsp3) is 0.571. The summed E-state index contributed by atoms with van der Waals surface area (Å²) in [6, 6.07) is 4.42. The Kier molecular flexibility index (Phi) is 4.04. The van der Waals surface area contributed by atoms with Crippen molar-refractivity contribution < 1.29 is 18.3 Å². The summed E-state index contributed by atoms with van der Waals surface area (Å²) < 4.78 is 39.0. The third-order valence-electron chi connectivity index (χ3n) is 3.70. The number of aliphatic hydroxyl groups excluding tert-OH is 1. The maximum Gasteiger partial charge on any atom is 0.416 e. The molecule has 1 aliphatic rings. The number of anilines is 1. The fourth-order valence-electron chi connectivity index (χ4n) is 2.68. The van der Waals surface area contributed by atoms with Crippen molar-refractivity contribution in [3.63, 3.8) is 0 Å². The molecule has 1 saturated heterocycles. The normalized spacial score (nSPS) is 20.1.